The molecule has 0 fully saturated rings. The summed E-state index contributed by atoms with van der Waals surface area (Å²) in [6.07, 6.45) is 0. The summed E-state index contributed by atoms with van der Waals surface area (Å²) in [5.41, 5.74) is 8.28. The third-order valence-corrected chi connectivity index (χ3v) is 12.2. The van der Waals surface area contributed by atoms with Gasteiger partial charge in [-0.1, -0.05) is 24.3 Å². The minimum atomic E-state index is 0.263. The van der Waals surface area contributed by atoms with Gasteiger partial charge in [-0.05, 0) is 6.07 Å². The number of rotatable bonds is 6. The molecule has 0 aliphatic rings. The van der Waals surface area contributed by atoms with Crippen molar-refractivity contribution in [3.8, 4) is 0 Å². The molecule has 0 N–H and O–H groups in total. The van der Waals surface area contributed by atoms with Crippen LogP contribution in [0.2, 0.25) is 0 Å². The molecule has 3 nitrogen and oxygen atoms in total. The van der Waals surface area contributed by atoms with Crippen LogP contribution in [0.25, 0.3) is 52.0 Å². The minimum absolute atomic E-state index is 0.263. The van der Waals surface area contributed by atoms with Crippen LogP contribution in [0.1, 0.15) is 0 Å². The van der Waals surface area contributed by atoms with Crippen LogP contribution >= 0.6 is 0 Å². The predicted octanol–water partition coefficient (Wildman–Crippen LogP) is 13.0. The number of benzene rings is 8. The van der Waals surface area contributed by atoms with Crippen molar-refractivity contribution in [2.75, 3.05) is 9.80 Å². The molecule has 236 valence electrons. The molecule has 0 saturated heterocycles. The third-order valence-electron chi connectivity index (χ3n) is 9.60. The van der Waals surface area contributed by atoms with Crippen LogP contribution < -0.4 is 9.80 Å². The monoisotopic (exact) mass is 706 g/mol. The second kappa shape index (κ2) is 11.8. The van der Waals surface area contributed by atoms with Crippen LogP contribution in [0.15, 0.2) is 186 Å². The molecular weight excluding hydrogens is 675 g/mol. The van der Waals surface area contributed by atoms with Crippen molar-refractivity contribution >= 4 is 101 Å². The van der Waals surface area contributed by atoms with Crippen molar-refractivity contribution in [2.45, 2.75) is 0 Å². The van der Waals surface area contributed by atoms with E-state index in [1.807, 2.05) is 12.1 Å². The summed E-state index contributed by atoms with van der Waals surface area (Å²) in [5.74, 6) is 0. The van der Waals surface area contributed by atoms with E-state index in [-0.39, 0.29) is 14.5 Å². The Balaban J connectivity index is 1.15. The molecule has 10 aromatic rings. The van der Waals surface area contributed by atoms with Crippen molar-refractivity contribution in [1.29, 1.82) is 0 Å². The number of hydrogen-bond donors (Lipinski definition) is 0. The number of para-hydroxylation sites is 3. The van der Waals surface area contributed by atoms with Crippen LogP contribution in [0.4, 0.5) is 34.1 Å². The van der Waals surface area contributed by atoms with Gasteiger partial charge in [0.25, 0.3) is 0 Å². The SMILES string of the molecule is c1ccc(N(c2cccc(N(c3ccccc3)c3ccc4ccc5c6ccccc6[se]c5c4c3)c2)c2ccc3c(c2)oc2ccccc23)cc1. The quantitative estimate of drug-likeness (QED) is 0.161. The molecule has 0 amide bonds. The van der Waals surface area contributed by atoms with E-state index in [1.54, 1.807) is 0 Å². The van der Waals surface area contributed by atoms with Crippen molar-refractivity contribution in [3.05, 3.63) is 182 Å². The predicted molar refractivity (Wildman–Crippen MR) is 213 cm³/mol. The van der Waals surface area contributed by atoms with Crippen LogP contribution in [-0.4, -0.2) is 14.5 Å². The van der Waals surface area contributed by atoms with Gasteiger partial charge in [0.15, 0.2) is 0 Å². The second-order valence-corrected chi connectivity index (χ2v) is 14.8. The molecule has 0 unspecified atom stereocenters. The Bertz CT molecular complexity index is 2840. The number of nitrogens with zero attached hydrogens (tertiary/aromatic N) is 2. The normalized spacial score (nSPS) is 11.6. The van der Waals surface area contributed by atoms with Crippen molar-refractivity contribution in [1.82, 2.24) is 0 Å². The van der Waals surface area contributed by atoms with E-state index in [4.69, 9.17) is 4.42 Å². The Hall–Kier alpha value is -6.06. The van der Waals surface area contributed by atoms with E-state index < -0.39 is 0 Å². The maximum absolute atomic E-state index is 6.35. The zero-order valence-corrected chi connectivity index (χ0v) is 28.7. The van der Waals surface area contributed by atoms with E-state index in [1.165, 1.54) is 30.1 Å². The fourth-order valence-electron chi connectivity index (χ4n) is 7.30. The van der Waals surface area contributed by atoms with Gasteiger partial charge in [0.1, 0.15) is 5.58 Å². The van der Waals surface area contributed by atoms with Gasteiger partial charge in [0.2, 0.25) is 0 Å². The molecule has 0 bridgehead atoms. The van der Waals surface area contributed by atoms with Gasteiger partial charge in [0.05, 0.1) is 0 Å². The van der Waals surface area contributed by atoms with Gasteiger partial charge >= 0.3 is 246 Å². The fourth-order valence-corrected chi connectivity index (χ4v) is 9.88. The molecule has 0 saturated carbocycles. The molecule has 8 aromatic carbocycles. The third kappa shape index (κ3) is 4.81. The van der Waals surface area contributed by atoms with Crippen LogP contribution in [-0.2, 0) is 0 Å². The van der Waals surface area contributed by atoms with Gasteiger partial charge in [-0.15, -0.1) is 0 Å². The Morgan fingerprint density at radius 1 is 0.340 bits per heavy atom. The summed E-state index contributed by atoms with van der Waals surface area (Å²) < 4.78 is 9.28. The first-order chi connectivity index (χ1) is 24.8. The first-order valence-electron chi connectivity index (χ1n) is 16.8. The summed E-state index contributed by atoms with van der Waals surface area (Å²) in [6.45, 7) is 0. The summed E-state index contributed by atoms with van der Waals surface area (Å²) in [5, 5.41) is 7.61. The number of hydrogen-bond acceptors (Lipinski definition) is 3. The molecule has 2 heterocycles. The first kappa shape index (κ1) is 28.9. The Kier molecular flexibility index (Phi) is 6.83. The molecular formula is C46H30N2OSe. The van der Waals surface area contributed by atoms with E-state index in [9.17, 15) is 0 Å². The first-order valence-corrected chi connectivity index (χ1v) is 18.6. The topological polar surface area (TPSA) is 19.6 Å². The van der Waals surface area contributed by atoms with Crippen LogP contribution in [0.3, 0.4) is 0 Å². The maximum atomic E-state index is 6.35. The molecule has 0 atom stereocenters. The van der Waals surface area contributed by atoms with Crippen molar-refractivity contribution in [3.63, 3.8) is 0 Å². The van der Waals surface area contributed by atoms with E-state index >= 15 is 0 Å². The molecule has 0 radical (unpaired) electrons. The Morgan fingerprint density at radius 2 is 0.880 bits per heavy atom. The van der Waals surface area contributed by atoms with Gasteiger partial charge in [-0.2, -0.15) is 0 Å². The number of furan rings is 1. The standard InChI is InChI=1S/C46H30N2OSe/c1-3-12-32(13-4-1)47(36-24-22-31-23-26-41-40-19-8-10-21-45(40)50-46(41)42(31)29-36)34-16-11-17-35(28-34)48(33-14-5-2-6-15-33)37-25-27-39-38-18-7-9-20-43(38)49-44(39)30-37/h1-30H. The van der Waals surface area contributed by atoms with E-state index in [0.717, 1.165) is 56.1 Å². The van der Waals surface area contributed by atoms with Crippen molar-refractivity contribution < 1.29 is 4.42 Å². The Labute approximate surface area is 295 Å². The van der Waals surface area contributed by atoms with E-state index in [0.29, 0.717) is 0 Å². The van der Waals surface area contributed by atoms with Gasteiger partial charge in [-0.25, -0.2) is 0 Å². The Morgan fingerprint density at radius 3 is 1.64 bits per heavy atom. The molecule has 50 heavy (non-hydrogen) atoms. The molecule has 0 spiro atoms. The molecule has 4 heteroatoms. The van der Waals surface area contributed by atoms with Crippen LogP contribution in [0.5, 0.6) is 0 Å². The summed E-state index contributed by atoms with van der Waals surface area (Å²) in [4.78, 5) is 4.69. The fraction of sp³-hybridized carbons (Fsp3) is 0. The summed E-state index contributed by atoms with van der Waals surface area (Å²) >= 11 is 0.263. The zero-order valence-electron chi connectivity index (χ0n) is 27.0. The number of anilines is 6. The molecule has 0 aliphatic heterocycles. The van der Waals surface area contributed by atoms with Gasteiger partial charge < -0.3 is 4.42 Å². The molecule has 0 aliphatic carbocycles. The van der Waals surface area contributed by atoms with Gasteiger partial charge in [0, 0.05) is 10.8 Å². The van der Waals surface area contributed by atoms with Crippen LogP contribution in [0, 0.1) is 0 Å². The van der Waals surface area contributed by atoms with Crippen molar-refractivity contribution in [2.24, 2.45) is 0 Å². The summed E-state index contributed by atoms with van der Waals surface area (Å²) in [7, 11) is 0. The summed E-state index contributed by atoms with van der Waals surface area (Å²) in [6, 6.07) is 65.3. The average molecular weight is 706 g/mol. The van der Waals surface area contributed by atoms with Gasteiger partial charge in [-0.3, -0.25) is 0 Å². The number of fused-ring (bicyclic) bond motifs is 8. The zero-order chi connectivity index (χ0) is 33.0. The second-order valence-electron chi connectivity index (χ2n) is 12.6. The average Bonchev–Trinajstić information content (AvgIpc) is 3.75. The molecule has 10 rings (SSSR count). The molecule has 2 aromatic heterocycles. The van der Waals surface area contributed by atoms with E-state index in [2.05, 4.69) is 180 Å².